The standard InChI is InChI=1S/C13H16F2N2OS/c14-13(15)19-11-5-3-10(4-6-11)17-12(18)8-16-7-9-1-2-9/h3-6,9,13,16H,1-2,7-8H2,(H,17,18). The lowest BCUT2D eigenvalue weighted by molar-refractivity contribution is -0.115. The number of rotatable bonds is 7. The Hall–Kier alpha value is -1.14. The van der Waals surface area contributed by atoms with Gasteiger partial charge in [-0.25, -0.2) is 0 Å². The number of nitrogens with one attached hydrogen (secondary N) is 2. The summed E-state index contributed by atoms with van der Waals surface area (Å²) in [7, 11) is 0. The molecule has 104 valence electrons. The highest BCUT2D eigenvalue weighted by molar-refractivity contribution is 7.99. The number of carbonyl (C=O) groups excluding carboxylic acids is 1. The summed E-state index contributed by atoms with van der Waals surface area (Å²) < 4.78 is 24.3. The van der Waals surface area contributed by atoms with Crippen molar-refractivity contribution in [3.05, 3.63) is 24.3 Å². The van der Waals surface area contributed by atoms with Gasteiger partial charge in [0, 0.05) is 10.6 Å². The first kappa shape index (κ1) is 14.3. The van der Waals surface area contributed by atoms with E-state index in [0.717, 1.165) is 12.5 Å². The Balaban J connectivity index is 1.72. The second-order valence-corrected chi connectivity index (χ2v) is 5.59. The molecule has 1 saturated carbocycles. The van der Waals surface area contributed by atoms with E-state index in [-0.39, 0.29) is 12.5 Å². The van der Waals surface area contributed by atoms with Crippen LogP contribution in [-0.2, 0) is 4.79 Å². The molecule has 1 amide bonds. The van der Waals surface area contributed by atoms with Crippen molar-refractivity contribution in [3.63, 3.8) is 0 Å². The molecule has 0 unspecified atom stereocenters. The highest BCUT2D eigenvalue weighted by atomic mass is 32.2. The Morgan fingerprint density at radius 1 is 1.32 bits per heavy atom. The second-order valence-electron chi connectivity index (χ2n) is 4.53. The quantitative estimate of drug-likeness (QED) is 0.757. The molecule has 1 aliphatic rings. The third kappa shape index (κ3) is 5.57. The van der Waals surface area contributed by atoms with E-state index in [2.05, 4.69) is 10.6 Å². The minimum atomic E-state index is -2.42. The average molecular weight is 286 g/mol. The van der Waals surface area contributed by atoms with Crippen LogP contribution < -0.4 is 10.6 Å². The molecule has 6 heteroatoms. The van der Waals surface area contributed by atoms with E-state index < -0.39 is 5.76 Å². The SMILES string of the molecule is O=C(CNCC1CC1)Nc1ccc(SC(F)F)cc1. The van der Waals surface area contributed by atoms with Gasteiger partial charge in [0.15, 0.2) is 0 Å². The van der Waals surface area contributed by atoms with E-state index in [0.29, 0.717) is 22.3 Å². The van der Waals surface area contributed by atoms with Crippen molar-refractivity contribution in [3.8, 4) is 0 Å². The summed E-state index contributed by atoms with van der Waals surface area (Å²) in [5.74, 6) is -1.81. The highest BCUT2D eigenvalue weighted by Gasteiger charge is 2.20. The zero-order chi connectivity index (χ0) is 13.7. The van der Waals surface area contributed by atoms with Crippen LogP contribution >= 0.6 is 11.8 Å². The zero-order valence-electron chi connectivity index (χ0n) is 10.4. The molecule has 3 nitrogen and oxygen atoms in total. The van der Waals surface area contributed by atoms with Crippen LogP contribution in [-0.4, -0.2) is 24.8 Å². The largest absolute Gasteiger partial charge is 0.325 e. The number of benzene rings is 1. The summed E-state index contributed by atoms with van der Waals surface area (Å²) in [5.41, 5.74) is 0.622. The van der Waals surface area contributed by atoms with E-state index in [9.17, 15) is 13.6 Å². The lowest BCUT2D eigenvalue weighted by atomic mass is 10.3. The van der Waals surface area contributed by atoms with Crippen LogP contribution in [0.5, 0.6) is 0 Å². The summed E-state index contributed by atoms with van der Waals surface area (Å²) in [6.45, 7) is 1.17. The zero-order valence-corrected chi connectivity index (χ0v) is 11.2. The molecule has 0 heterocycles. The normalized spacial score (nSPS) is 14.7. The van der Waals surface area contributed by atoms with E-state index in [4.69, 9.17) is 0 Å². The summed E-state index contributed by atoms with van der Waals surface area (Å²) in [6.07, 6.45) is 2.50. The molecule has 0 aliphatic heterocycles. The van der Waals surface area contributed by atoms with Crippen LogP contribution in [0.3, 0.4) is 0 Å². The van der Waals surface area contributed by atoms with Gasteiger partial charge < -0.3 is 10.6 Å². The molecule has 0 atom stereocenters. The third-order valence-corrected chi connectivity index (χ3v) is 3.50. The van der Waals surface area contributed by atoms with Gasteiger partial charge >= 0.3 is 0 Å². The summed E-state index contributed by atoms with van der Waals surface area (Å²) in [4.78, 5) is 12.1. The molecular formula is C13H16F2N2OS. The van der Waals surface area contributed by atoms with E-state index >= 15 is 0 Å². The Morgan fingerprint density at radius 3 is 2.58 bits per heavy atom. The van der Waals surface area contributed by atoms with Gasteiger partial charge in [0.1, 0.15) is 0 Å². The minimum absolute atomic E-state index is 0.116. The van der Waals surface area contributed by atoms with Gasteiger partial charge in [-0.3, -0.25) is 4.79 Å². The minimum Gasteiger partial charge on any atom is -0.325 e. The second kappa shape index (κ2) is 6.86. The van der Waals surface area contributed by atoms with Gasteiger partial charge in [-0.15, -0.1) is 0 Å². The monoisotopic (exact) mass is 286 g/mol. The molecule has 0 spiro atoms. The first-order chi connectivity index (χ1) is 9.13. The van der Waals surface area contributed by atoms with Crippen LogP contribution in [0.25, 0.3) is 0 Å². The average Bonchev–Trinajstić information content (AvgIpc) is 3.15. The Bertz CT molecular complexity index is 421. The van der Waals surface area contributed by atoms with Gasteiger partial charge in [-0.05, 0) is 49.6 Å². The summed E-state index contributed by atoms with van der Waals surface area (Å²) >= 11 is 0.492. The van der Waals surface area contributed by atoms with E-state index in [1.165, 1.54) is 12.8 Å². The lowest BCUT2D eigenvalue weighted by Gasteiger charge is -2.07. The molecule has 0 radical (unpaired) electrons. The van der Waals surface area contributed by atoms with Crippen molar-refractivity contribution >= 4 is 23.4 Å². The van der Waals surface area contributed by atoms with Crippen LogP contribution in [0.2, 0.25) is 0 Å². The van der Waals surface area contributed by atoms with Crippen LogP contribution in [0, 0.1) is 5.92 Å². The van der Waals surface area contributed by atoms with Crippen molar-refractivity contribution in [2.24, 2.45) is 5.92 Å². The van der Waals surface area contributed by atoms with Gasteiger partial charge in [-0.1, -0.05) is 11.8 Å². The van der Waals surface area contributed by atoms with Crippen LogP contribution in [0.4, 0.5) is 14.5 Å². The number of carbonyl (C=O) groups is 1. The van der Waals surface area contributed by atoms with Crippen LogP contribution in [0.15, 0.2) is 29.2 Å². The summed E-state index contributed by atoms with van der Waals surface area (Å²) in [6, 6.07) is 6.40. The molecule has 1 aromatic rings. The third-order valence-electron chi connectivity index (χ3n) is 2.78. The Kier molecular flexibility index (Phi) is 5.15. The number of hydrogen-bond acceptors (Lipinski definition) is 3. The van der Waals surface area contributed by atoms with Crippen molar-refractivity contribution in [2.45, 2.75) is 23.5 Å². The molecule has 1 aliphatic carbocycles. The molecule has 1 aromatic carbocycles. The predicted molar refractivity (Wildman–Crippen MR) is 72.5 cm³/mol. The van der Waals surface area contributed by atoms with Gasteiger partial charge in [-0.2, -0.15) is 8.78 Å². The fourth-order valence-electron chi connectivity index (χ4n) is 1.64. The van der Waals surface area contributed by atoms with Gasteiger partial charge in [0.05, 0.1) is 6.54 Å². The number of alkyl halides is 2. The maximum absolute atomic E-state index is 12.1. The molecule has 0 bridgehead atoms. The van der Waals surface area contributed by atoms with E-state index in [1.807, 2.05) is 0 Å². The van der Waals surface area contributed by atoms with Gasteiger partial charge in [0.2, 0.25) is 5.91 Å². The Labute approximate surface area is 115 Å². The first-order valence-electron chi connectivity index (χ1n) is 6.19. The van der Waals surface area contributed by atoms with Crippen molar-refractivity contribution < 1.29 is 13.6 Å². The molecule has 0 aromatic heterocycles. The molecule has 2 N–H and O–H groups in total. The number of halogens is 2. The number of anilines is 1. The highest BCUT2D eigenvalue weighted by Crippen LogP contribution is 2.27. The maximum Gasteiger partial charge on any atom is 0.288 e. The number of amides is 1. The maximum atomic E-state index is 12.1. The smallest absolute Gasteiger partial charge is 0.288 e. The molecule has 2 rings (SSSR count). The number of thioether (sulfide) groups is 1. The van der Waals surface area contributed by atoms with Gasteiger partial charge in [0.25, 0.3) is 5.76 Å². The molecule has 0 saturated heterocycles. The molecular weight excluding hydrogens is 270 g/mol. The number of hydrogen-bond donors (Lipinski definition) is 2. The van der Waals surface area contributed by atoms with Crippen molar-refractivity contribution in [2.75, 3.05) is 18.4 Å². The fourth-order valence-corrected chi connectivity index (χ4v) is 2.14. The lowest BCUT2D eigenvalue weighted by Crippen LogP contribution is -2.29. The molecule has 19 heavy (non-hydrogen) atoms. The van der Waals surface area contributed by atoms with Crippen LogP contribution in [0.1, 0.15) is 12.8 Å². The fraction of sp³-hybridized carbons (Fsp3) is 0.462. The summed E-state index contributed by atoms with van der Waals surface area (Å²) in [5, 5.41) is 5.81. The van der Waals surface area contributed by atoms with Crippen molar-refractivity contribution in [1.82, 2.24) is 5.32 Å². The molecule has 1 fully saturated rings. The topological polar surface area (TPSA) is 41.1 Å². The Morgan fingerprint density at radius 2 is 2.00 bits per heavy atom. The first-order valence-corrected chi connectivity index (χ1v) is 7.07. The van der Waals surface area contributed by atoms with Crippen molar-refractivity contribution in [1.29, 1.82) is 0 Å². The van der Waals surface area contributed by atoms with E-state index in [1.54, 1.807) is 24.3 Å². The predicted octanol–water partition coefficient (Wildman–Crippen LogP) is 2.94.